The molecular weight excluding hydrogens is 439 g/mol. The molecule has 4 amide bonds. The van der Waals surface area contributed by atoms with Crippen LogP contribution in [0.25, 0.3) is 0 Å². The van der Waals surface area contributed by atoms with Gasteiger partial charge in [-0.25, -0.2) is 0 Å². The van der Waals surface area contributed by atoms with E-state index in [9.17, 15) is 32.3 Å². The minimum Gasteiger partial charge on any atom is -0.337 e. The summed E-state index contributed by atoms with van der Waals surface area (Å²) < 4.78 is 38.2. The van der Waals surface area contributed by atoms with Gasteiger partial charge in [-0.2, -0.15) is 13.2 Å². The van der Waals surface area contributed by atoms with E-state index in [1.54, 1.807) is 42.5 Å². The van der Waals surface area contributed by atoms with Crippen LogP contribution in [0.4, 0.5) is 13.2 Å². The van der Waals surface area contributed by atoms with E-state index in [1.165, 1.54) is 17.0 Å². The van der Waals surface area contributed by atoms with Gasteiger partial charge >= 0.3 is 12.1 Å². The number of amides is 4. The molecule has 2 aliphatic heterocycles. The molecule has 1 atom stereocenters. The van der Waals surface area contributed by atoms with Gasteiger partial charge in [-0.1, -0.05) is 42.5 Å². The third-order valence-corrected chi connectivity index (χ3v) is 5.82. The van der Waals surface area contributed by atoms with Crippen LogP contribution in [0.15, 0.2) is 54.6 Å². The lowest BCUT2D eigenvalue weighted by Gasteiger charge is -2.38. The minimum absolute atomic E-state index is 0.0623. The topological polar surface area (TPSA) is 78.0 Å². The molecule has 2 aliphatic rings. The van der Waals surface area contributed by atoms with Crippen LogP contribution < -0.4 is 0 Å². The van der Waals surface area contributed by atoms with Crippen molar-refractivity contribution in [3.05, 3.63) is 71.3 Å². The molecule has 0 radical (unpaired) electrons. The SMILES string of the molecule is O=C(C(Cc1ccccc1)N1C(=O)c2ccccc2C1=O)N1CCN(C(=O)C(F)(F)F)CC1. The van der Waals surface area contributed by atoms with Crippen LogP contribution in [0.2, 0.25) is 0 Å². The molecule has 2 heterocycles. The predicted molar refractivity (Wildman–Crippen MR) is 110 cm³/mol. The average Bonchev–Trinajstić information content (AvgIpc) is 3.07. The summed E-state index contributed by atoms with van der Waals surface area (Å²) in [7, 11) is 0. The normalized spacial score (nSPS) is 17.2. The van der Waals surface area contributed by atoms with Gasteiger partial charge in [0.05, 0.1) is 11.1 Å². The summed E-state index contributed by atoms with van der Waals surface area (Å²) in [5.41, 5.74) is 1.13. The third-order valence-electron chi connectivity index (χ3n) is 5.82. The zero-order valence-corrected chi connectivity index (χ0v) is 17.4. The van der Waals surface area contributed by atoms with Gasteiger partial charge in [0.1, 0.15) is 6.04 Å². The van der Waals surface area contributed by atoms with Gasteiger partial charge in [-0.05, 0) is 17.7 Å². The maximum atomic E-state index is 13.5. The molecule has 2 aromatic carbocycles. The van der Waals surface area contributed by atoms with E-state index in [0.29, 0.717) is 4.90 Å². The van der Waals surface area contributed by atoms with Crippen molar-refractivity contribution < 1.29 is 32.3 Å². The molecule has 33 heavy (non-hydrogen) atoms. The first-order chi connectivity index (χ1) is 15.7. The molecule has 1 unspecified atom stereocenters. The van der Waals surface area contributed by atoms with E-state index in [1.807, 2.05) is 0 Å². The third kappa shape index (κ3) is 4.33. The summed E-state index contributed by atoms with van der Waals surface area (Å²) in [6.07, 6.45) is -4.92. The Morgan fingerprint density at radius 3 is 1.79 bits per heavy atom. The Balaban J connectivity index is 1.58. The molecule has 0 spiro atoms. The van der Waals surface area contributed by atoms with Crippen LogP contribution in [0.3, 0.4) is 0 Å². The Kier molecular flexibility index (Phi) is 5.92. The molecule has 0 aromatic heterocycles. The van der Waals surface area contributed by atoms with Gasteiger partial charge in [-0.15, -0.1) is 0 Å². The number of piperazine rings is 1. The van der Waals surface area contributed by atoms with Gasteiger partial charge < -0.3 is 9.80 Å². The number of hydrogen-bond donors (Lipinski definition) is 0. The van der Waals surface area contributed by atoms with Crippen LogP contribution in [0, 0.1) is 0 Å². The van der Waals surface area contributed by atoms with Crippen molar-refractivity contribution in [1.29, 1.82) is 0 Å². The maximum Gasteiger partial charge on any atom is 0.471 e. The Hall–Kier alpha value is -3.69. The lowest BCUT2D eigenvalue weighted by atomic mass is 10.0. The van der Waals surface area contributed by atoms with Crippen LogP contribution in [-0.4, -0.2) is 76.7 Å². The number of hydrogen-bond acceptors (Lipinski definition) is 4. The molecule has 4 rings (SSSR count). The molecular formula is C23H20F3N3O4. The second kappa shape index (κ2) is 8.68. The average molecular weight is 459 g/mol. The van der Waals surface area contributed by atoms with Gasteiger partial charge in [0.15, 0.2) is 0 Å². The number of fused-ring (bicyclic) bond motifs is 1. The molecule has 2 aromatic rings. The lowest BCUT2D eigenvalue weighted by Crippen LogP contribution is -2.58. The van der Waals surface area contributed by atoms with E-state index >= 15 is 0 Å². The van der Waals surface area contributed by atoms with Crippen molar-refractivity contribution in [3.63, 3.8) is 0 Å². The Morgan fingerprint density at radius 1 is 0.788 bits per heavy atom. The summed E-state index contributed by atoms with van der Waals surface area (Å²) in [4.78, 5) is 53.9. The van der Waals surface area contributed by atoms with Crippen LogP contribution in [0.1, 0.15) is 26.3 Å². The van der Waals surface area contributed by atoms with Crippen LogP contribution >= 0.6 is 0 Å². The summed E-state index contributed by atoms with van der Waals surface area (Å²) in [5.74, 6) is -3.67. The van der Waals surface area contributed by atoms with E-state index < -0.39 is 35.8 Å². The highest BCUT2D eigenvalue weighted by Crippen LogP contribution is 2.27. The first-order valence-electron chi connectivity index (χ1n) is 10.3. The van der Waals surface area contributed by atoms with Crippen molar-refractivity contribution in [2.75, 3.05) is 26.2 Å². The zero-order valence-electron chi connectivity index (χ0n) is 17.4. The number of carbonyl (C=O) groups excluding carboxylic acids is 4. The number of imide groups is 1. The second-order valence-corrected chi connectivity index (χ2v) is 7.85. The number of halogens is 3. The molecule has 0 aliphatic carbocycles. The number of benzene rings is 2. The Morgan fingerprint density at radius 2 is 1.27 bits per heavy atom. The van der Waals surface area contributed by atoms with Crippen molar-refractivity contribution in [2.45, 2.75) is 18.6 Å². The van der Waals surface area contributed by atoms with Gasteiger partial charge in [0.25, 0.3) is 11.8 Å². The van der Waals surface area contributed by atoms with Gasteiger partial charge in [0, 0.05) is 32.6 Å². The summed E-state index contributed by atoms with van der Waals surface area (Å²) >= 11 is 0. The summed E-state index contributed by atoms with van der Waals surface area (Å²) in [6, 6.07) is 14.0. The van der Waals surface area contributed by atoms with E-state index in [4.69, 9.17) is 0 Å². The minimum atomic E-state index is -4.98. The standard InChI is InChI=1S/C23H20F3N3O4/c24-23(25,26)22(33)28-12-10-27(11-13-28)21(32)18(14-15-6-2-1-3-7-15)29-19(30)16-8-4-5-9-17(16)20(29)31/h1-9,18H,10-14H2. The molecule has 10 heteroatoms. The molecule has 7 nitrogen and oxygen atoms in total. The van der Waals surface area contributed by atoms with Gasteiger partial charge in [0.2, 0.25) is 5.91 Å². The fraction of sp³-hybridized carbons (Fsp3) is 0.304. The molecule has 172 valence electrons. The number of rotatable bonds is 4. The van der Waals surface area contributed by atoms with Crippen molar-refractivity contribution in [2.24, 2.45) is 0 Å². The molecule has 1 fully saturated rings. The molecule has 0 saturated carbocycles. The number of nitrogens with zero attached hydrogens (tertiary/aromatic N) is 3. The van der Waals surface area contributed by atoms with E-state index in [2.05, 4.69) is 0 Å². The summed E-state index contributed by atoms with van der Waals surface area (Å²) in [5, 5.41) is 0. The summed E-state index contributed by atoms with van der Waals surface area (Å²) in [6.45, 7) is -0.835. The first kappa shape index (κ1) is 22.5. The van der Waals surface area contributed by atoms with E-state index in [-0.39, 0.29) is 43.7 Å². The quantitative estimate of drug-likeness (QED) is 0.657. The Labute approximate surface area is 187 Å². The van der Waals surface area contributed by atoms with Crippen molar-refractivity contribution in [3.8, 4) is 0 Å². The van der Waals surface area contributed by atoms with Gasteiger partial charge in [-0.3, -0.25) is 24.1 Å². The van der Waals surface area contributed by atoms with E-state index in [0.717, 1.165) is 10.5 Å². The van der Waals surface area contributed by atoms with Crippen LogP contribution in [0.5, 0.6) is 0 Å². The zero-order chi connectivity index (χ0) is 23.8. The maximum absolute atomic E-state index is 13.5. The smallest absolute Gasteiger partial charge is 0.337 e. The molecule has 0 bridgehead atoms. The fourth-order valence-corrected chi connectivity index (χ4v) is 4.14. The van der Waals surface area contributed by atoms with Crippen LogP contribution in [-0.2, 0) is 16.0 Å². The predicted octanol–water partition coefficient (Wildman–Crippen LogP) is 2.13. The second-order valence-electron chi connectivity index (χ2n) is 7.85. The van der Waals surface area contributed by atoms with Crippen molar-refractivity contribution >= 4 is 23.6 Å². The highest BCUT2D eigenvalue weighted by atomic mass is 19.4. The number of alkyl halides is 3. The highest BCUT2D eigenvalue weighted by Gasteiger charge is 2.46. The molecule has 0 N–H and O–H groups in total. The fourth-order valence-electron chi connectivity index (χ4n) is 4.14. The Bertz CT molecular complexity index is 1060. The molecule has 1 saturated heterocycles. The monoisotopic (exact) mass is 459 g/mol. The lowest BCUT2D eigenvalue weighted by molar-refractivity contribution is -0.187. The number of carbonyl (C=O) groups is 4. The largest absolute Gasteiger partial charge is 0.471 e. The highest BCUT2D eigenvalue weighted by molar-refractivity contribution is 6.22. The first-order valence-corrected chi connectivity index (χ1v) is 10.3. The van der Waals surface area contributed by atoms with Crippen molar-refractivity contribution in [1.82, 2.24) is 14.7 Å².